The number of aliphatic imine (C=N–C) groups is 1. The molecule has 0 aromatic carbocycles. The van der Waals surface area contributed by atoms with Crippen LogP contribution < -0.4 is 5.32 Å². The molecule has 0 fully saturated rings. The van der Waals surface area contributed by atoms with Gasteiger partial charge < -0.3 is 18.8 Å². The highest BCUT2D eigenvalue weighted by atomic mass is 35.5. The fraction of sp³-hybridized carbons (Fsp3) is 0.545. The van der Waals surface area contributed by atoms with E-state index in [1.165, 1.54) is 6.26 Å². The van der Waals surface area contributed by atoms with E-state index >= 15 is 0 Å². The number of rotatable bonds is 4. The molecule has 108 valence electrons. The number of hydrogen-bond donors (Lipinski definition) is 1. The van der Waals surface area contributed by atoms with Gasteiger partial charge in [0.1, 0.15) is 6.26 Å². The number of oxazole rings is 1. The van der Waals surface area contributed by atoms with Gasteiger partial charge in [-0.25, -0.2) is 9.98 Å². The molecule has 0 saturated carbocycles. The molecule has 0 spiro atoms. The molecule has 0 saturated heterocycles. The van der Waals surface area contributed by atoms with Crippen molar-refractivity contribution in [2.75, 3.05) is 27.3 Å². The number of ether oxygens (including phenoxy) is 2. The number of methoxy groups -OCH3 is 2. The Balaban J connectivity index is 2.19. The third-order valence-electron chi connectivity index (χ3n) is 2.96. The Morgan fingerprint density at radius 2 is 2.35 bits per heavy atom. The third kappa shape index (κ3) is 3.01. The molecule has 1 N–H and O–H groups in total. The largest absolute Gasteiger partial charge is 0.445 e. The van der Waals surface area contributed by atoms with Crippen molar-refractivity contribution in [2.45, 2.75) is 12.3 Å². The van der Waals surface area contributed by atoms with Crippen LogP contribution in [0.4, 0.5) is 0 Å². The minimum absolute atomic E-state index is 0.272. The van der Waals surface area contributed by atoms with Gasteiger partial charge in [0.2, 0.25) is 17.6 Å². The fourth-order valence-electron chi connectivity index (χ4n) is 1.88. The first-order chi connectivity index (χ1) is 9.62. The van der Waals surface area contributed by atoms with Crippen LogP contribution >= 0.6 is 11.6 Å². The minimum atomic E-state index is -0.864. The van der Waals surface area contributed by atoms with Gasteiger partial charge in [0.05, 0.1) is 19.6 Å². The molecule has 0 amide bonds. The van der Waals surface area contributed by atoms with E-state index in [1.54, 1.807) is 19.1 Å². The summed E-state index contributed by atoms with van der Waals surface area (Å²) in [6, 6.07) is 0. The fourth-order valence-corrected chi connectivity index (χ4v) is 2.02. The molecular weight excluding hydrogens is 286 g/mol. The lowest BCUT2D eigenvalue weighted by atomic mass is 10.2. The van der Waals surface area contributed by atoms with Crippen LogP contribution in [0, 0.1) is 11.5 Å². The van der Waals surface area contributed by atoms with Gasteiger partial charge in [-0.05, 0) is 0 Å². The monoisotopic (exact) mass is 299 g/mol. The zero-order chi connectivity index (χ0) is 14.6. The van der Waals surface area contributed by atoms with E-state index in [9.17, 15) is 0 Å². The Hall–Kier alpha value is -1.82. The summed E-state index contributed by atoms with van der Waals surface area (Å²) in [5.74, 6) is -0.0474. The molecule has 1 aromatic heterocycles. The van der Waals surface area contributed by atoms with Crippen LogP contribution in [-0.4, -0.2) is 48.9 Å². The Morgan fingerprint density at radius 1 is 1.60 bits per heavy atom. The van der Waals surface area contributed by atoms with E-state index in [0.29, 0.717) is 18.4 Å². The Labute approximate surface area is 120 Å². The summed E-state index contributed by atoms with van der Waals surface area (Å²) in [5, 5.41) is 11.5. The molecule has 0 aliphatic carbocycles. The van der Waals surface area contributed by atoms with Crippen molar-refractivity contribution in [3.05, 3.63) is 17.3 Å². The number of halogens is 1. The van der Waals surface area contributed by atoms with Crippen molar-refractivity contribution in [3.8, 4) is 6.19 Å². The number of hydrogen-bond acceptors (Lipinski definition) is 8. The molecule has 20 heavy (non-hydrogen) atoms. The zero-order valence-corrected chi connectivity index (χ0v) is 11.8. The summed E-state index contributed by atoms with van der Waals surface area (Å²) in [7, 11) is 3.09. The van der Waals surface area contributed by atoms with E-state index in [0.717, 1.165) is 0 Å². The minimum Gasteiger partial charge on any atom is -0.445 e. The van der Waals surface area contributed by atoms with Gasteiger partial charge in [0, 0.05) is 14.2 Å². The van der Waals surface area contributed by atoms with Crippen LogP contribution in [0.3, 0.4) is 0 Å². The maximum absolute atomic E-state index is 8.76. The second-order valence-electron chi connectivity index (χ2n) is 4.12. The molecule has 0 unspecified atom stereocenters. The van der Waals surface area contributed by atoms with Crippen molar-refractivity contribution in [1.29, 1.82) is 5.26 Å². The molecule has 2 heterocycles. The molecule has 1 aliphatic heterocycles. The van der Waals surface area contributed by atoms with Crippen molar-refractivity contribution in [3.63, 3.8) is 0 Å². The Morgan fingerprint density at radius 3 is 2.90 bits per heavy atom. The second kappa shape index (κ2) is 6.09. The van der Waals surface area contributed by atoms with Gasteiger partial charge in [-0.3, -0.25) is 5.32 Å². The maximum atomic E-state index is 8.76. The van der Waals surface area contributed by atoms with Crippen LogP contribution in [-0.2, 0) is 16.0 Å². The summed E-state index contributed by atoms with van der Waals surface area (Å²) >= 11 is 5.72. The molecular formula is C11H14ClN5O3. The first-order valence-corrected chi connectivity index (χ1v) is 6.15. The van der Waals surface area contributed by atoms with Crippen LogP contribution in [0.5, 0.6) is 0 Å². The number of nitrogens with one attached hydrogen (secondary N) is 1. The lowest BCUT2D eigenvalue weighted by molar-refractivity contribution is -0.208. The molecule has 1 aliphatic rings. The standard InChI is InChI=1S/C11H14ClN5O3/c1-18-11(19-2)5-14-10(15-7-13)17(6-11)3-9-16-8(12)4-20-9/h4H,3,5-6H2,1-2H3,(H,14,15). The molecule has 0 radical (unpaired) electrons. The highest BCUT2D eigenvalue weighted by molar-refractivity contribution is 6.29. The predicted octanol–water partition coefficient (Wildman–Crippen LogP) is 0.559. The number of nitrogens with zero attached hydrogens (tertiary/aromatic N) is 4. The number of aromatic nitrogens is 1. The van der Waals surface area contributed by atoms with Gasteiger partial charge in [-0.1, -0.05) is 11.6 Å². The Bertz CT molecular complexity index is 534. The summed E-state index contributed by atoms with van der Waals surface area (Å²) in [6.07, 6.45) is 3.18. The van der Waals surface area contributed by atoms with Crippen LogP contribution in [0.15, 0.2) is 15.7 Å². The van der Waals surface area contributed by atoms with Gasteiger partial charge in [-0.15, -0.1) is 0 Å². The zero-order valence-electron chi connectivity index (χ0n) is 11.1. The van der Waals surface area contributed by atoms with Crippen molar-refractivity contribution < 1.29 is 13.9 Å². The number of nitriles is 1. The Kier molecular flexibility index (Phi) is 4.44. The molecule has 9 heteroatoms. The number of guanidine groups is 1. The van der Waals surface area contributed by atoms with Gasteiger partial charge >= 0.3 is 0 Å². The summed E-state index contributed by atoms with van der Waals surface area (Å²) < 4.78 is 15.9. The maximum Gasteiger partial charge on any atom is 0.215 e. The second-order valence-corrected chi connectivity index (χ2v) is 4.50. The van der Waals surface area contributed by atoms with Crippen molar-refractivity contribution >= 4 is 17.6 Å². The van der Waals surface area contributed by atoms with Gasteiger partial charge in [-0.2, -0.15) is 5.26 Å². The first kappa shape index (κ1) is 14.6. The smallest absolute Gasteiger partial charge is 0.215 e. The van der Waals surface area contributed by atoms with E-state index in [1.807, 2.05) is 6.19 Å². The third-order valence-corrected chi connectivity index (χ3v) is 3.14. The topological polar surface area (TPSA) is 95.9 Å². The van der Waals surface area contributed by atoms with Crippen LogP contribution in [0.2, 0.25) is 5.15 Å². The highest BCUT2D eigenvalue weighted by Crippen LogP contribution is 2.20. The van der Waals surface area contributed by atoms with Gasteiger partial charge in [0.25, 0.3) is 0 Å². The molecule has 8 nitrogen and oxygen atoms in total. The molecule has 2 rings (SSSR count). The molecule has 0 bridgehead atoms. The van der Waals surface area contributed by atoms with Crippen LogP contribution in [0.1, 0.15) is 5.89 Å². The highest BCUT2D eigenvalue weighted by Gasteiger charge is 2.37. The van der Waals surface area contributed by atoms with E-state index < -0.39 is 5.79 Å². The van der Waals surface area contributed by atoms with Crippen LogP contribution in [0.25, 0.3) is 0 Å². The summed E-state index contributed by atoms with van der Waals surface area (Å²) in [5.41, 5.74) is 0. The van der Waals surface area contributed by atoms with E-state index in [2.05, 4.69) is 15.3 Å². The quantitative estimate of drug-likeness (QED) is 0.493. The summed E-state index contributed by atoms with van der Waals surface area (Å²) in [6.45, 7) is 0.940. The van der Waals surface area contributed by atoms with Crippen molar-refractivity contribution in [1.82, 2.24) is 15.2 Å². The van der Waals surface area contributed by atoms with E-state index in [4.69, 9.17) is 30.8 Å². The average Bonchev–Trinajstić information content (AvgIpc) is 2.86. The molecule has 1 aromatic rings. The lowest BCUT2D eigenvalue weighted by Crippen LogP contribution is -2.56. The summed E-state index contributed by atoms with van der Waals surface area (Å²) in [4.78, 5) is 10.0. The predicted molar refractivity (Wildman–Crippen MR) is 69.7 cm³/mol. The average molecular weight is 300 g/mol. The molecule has 0 atom stereocenters. The first-order valence-electron chi connectivity index (χ1n) is 5.77. The SMILES string of the molecule is COC1(OC)CN=C(NC#N)N(Cc2nc(Cl)co2)C1. The van der Waals surface area contributed by atoms with Crippen molar-refractivity contribution in [2.24, 2.45) is 4.99 Å². The van der Waals surface area contributed by atoms with Gasteiger partial charge in [0.15, 0.2) is 11.3 Å². The van der Waals surface area contributed by atoms with E-state index in [-0.39, 0.29) is 18.2 Å². The normalized spacial score (nSPS) is 17.5. The lowest BCUT2D eigenvalue weighted by Gasteiger charge is -2.39.